The first kappa shape index (κ1) is 24.2. The molecular weight excluding hydrogens is 474 g/mol. The van der Waals surface area contributed by atoms with Crippen LogP contribution in [0.2, 0.25) is 5.02 Å². The van der Waals surface area contributed by atoms with E-state index in [1.54, 1.807) is 62.6 Å². The van der Waals surface area contributed by atoms with Crippen molar-refractivity contribution < 1.29 is 19.0 Å². The maximum atomic E-state index is 13.2. The van der Waals surface area contributed by atoms with Crippen molar-refractivity contribution in [3.63, 3.8) is 0 Å². The first-order chi connectivity index (χ1) is 16.7. The van der Waals surface area contributed by atoms with Crippen LogP contribution in [0.25, 0.3) is 22.5 Å². The van der Waals surface area contributed by atoms with E-state index < -0.39 is 11.6 Å². The summed E-state index contributed by atoms with van der Waals surface area (Å²) in [7, 11) is 1.49. The van der Waals surface area contributed by atoms with Crippen molar-refractivity contribution in [3.8, 4) is 28.4 Å². The molecule has 0 aliphatic heterocycles. The molecule has 2 N–H and O–H groups in total. The highest BCUT2D eigenvalue weighted by Crippen LogP contribution is 2.30. The molecule has 35 heavy (non-hydrogen) atoms. The Morgan fingerprint density at radius 2 is 1.97 bits per heavy atom. The lowest BCUT2D eigenvalue weighted by molar-refractivity contribution is -0.157. The Balaban J connectivity index is 1.62. The first-order valence-corrected chi connectivity index (χ1v) is 11.0. The van der Waals surface area contributed by atoms with Crippen LogP contribution >= 0.6 is 11.6 Å². The second kappa shape index (κ2) is 9.77. The number of halogens is 1. The summed E-state index contributed by atoms with van der Waals surface area (Å²) >= 11 is 5.92. The van der Waals surface area contributed by atoms with Crippen molar-refractivity contribution in [1.29, 1.82) is 0 Å². The fraction of sp³-hybridized carbons (Fsp3) is 0.250. The lowest BCUT2D eigenvalue weighted by Crippen LogP contribution is -2.37. The van der Waals surface area contributed by atoms with E-state index in [1.807, 2.05) is 0 Å². The molecule has 0 spiro atoms. The standard InChI is InChI=1S/C24H24ClN5O5/c1-24(2,35-22(31)10-26)13-34-20-7-5-17(9-21(20)33-3)29-14-28-30-12-15(8-19(30)23(29)32)18-6-4-16(25)11-27-18/h4-9,11-12,14H,10,13,26H2,1-3H3. The lowest BCUT2D eigenvalue weighted by Gasteiger charge is -2.25. The predicted octanol–water partition coefficient (Wildman–Crippen LogP) is 2.87. The molecule has 4 rings (SSSR count). The molecule has 0 unspecified atom stereocenters. The Morgan fingerprint density at radius 1 is 1.17 bits per heavy atom. The number of carbonyl (C=O) groups excluding carboxylic acids is 1. The van der Waals surface area contributed by atoms with Gasteiger partial charge in [-0.2, -0.15) is 5.10 Å². The fourth-order valence-corrected chi connectivity index (χ4v) is 3.53. The number of hydrogen-bond donors (Lipinski definition) is 1. The molecule has 1 aromatic carbocycles. The molecule has 0 aliphatic rings. The Hall–Kier alpha value is -3.89. The van der Waals surface area contributed by atoms with Gasteiger partial charge in [-0.1, -0.05) is 11.6 Å². The molecule has 0 atom stereocenters. The maximum Gasteiger partial charge on any atom is 0.320 e. The number of nitrogens with two attached hydrogens (primary N) is 1. The number of nitrogens with zero attached hydrogens (tertiary/aromatic N) is 4. The minimum absolute atomic E-state index is 0.0770. The molecule has 3 aromatic heterocycles. The number of ether oxygens (including phenoxy) is 3. The molecule has 0 radical (unpaired) electrons. The number of fused-ring (bicyclic) bond motifs is 1. The number of methoxy groups -OCH3 is 1. The van der Waals surface area contributed by atoms with Crippen molar-refractivity contribution in [1.82, 2.24) is 19.2 Å². The van der Waals surface area contributed by atoms with Crippen LogP contribution in [0.4, 0.5) is 0 Å². The Bertz CT molecular complexity index is 1430. The van der Waals surface area contributed by atoms with Gasteiger partial charge in [0.05, 0.1) is 30.1 Å². The summed E-state index contributed by atoms with van der Waals surface area (Å²) in [4.78, 5) is 29.0. The molecule has 11 heteroatoms. The van der Waals surface area contributed by atoms with E-state index in [0.29, 0.717) is 33.4 Å². The zero-order valence-corrected chi connectivity index (χ0v) is 20.2. The van der Waals surface area contributed by atoms with Gasteiger partial charge >= 0.3 is 5.97 Å². The van der Waals surface area contributed by atoms with Gasteiger partial charge in [-0.15, -0.1) is 0 Å². The molecule has 0 aliphatic carbocycles. The minimum Gasteiger partial charge on any atom is -0.493 e. The highest BCUT2D eigenvalue weighted by atomic mass is 35.5. The average Bonchev–Trinajstić information content (AvgIpc) is 3.28. The van der Waals surface area contributed by atoms with Gasteiger partial charge in [0.25, 0.3) is 5.56 Å². The van der Waals surface area contributed by atoms with Crippen LogP contribution in [0, 0.1) is 0 Å². The van der Waals surface area contributed by atoms with E-state index in [-0.39, 0.29) is 18.7 Å². The van der Waals surface area contributed by atoms with E-state index in [2.05, 4.69) is 10.1 Å². The van der Waals surface area contributed by atoms with E-state index in [9.17, 15) is 9.59 Å². The number of aromatic nitrogens is 4. The lowest BCUT2D eigenvalue weighted by atomic mass is 10.1. The molecule has 182 valence electrons. The van der Waals surface area contributed by atoms with Crippen molar-refractivity contribution in [2.75, 3.05) is 20.3 Å². The number of pyridine rings is 1. The third-order valence-corrected chi connectivity index (χ3v) is 5.33. The summed E-state index contributed by atoms with van der Waals surface area (Å²) in [5, 5.41) is 4.89. The van der Waals surface area contributed by atoms with E-state index in [1.165, 1.54) is 22.5 Å². The quantitative estimate of drug-likeness (QED) is 0.369. The zero-order chi connectivity index (χ0) is 25.2. The third-order valence-electron chi connectivity index (χ3n) is 5.11. The van der Waals surface area contributed by atoms with Crippen LogP contribution in [-0.4, -0.2) is 51.0 Å². The molecule has 0 amide bonds. The van der Waals surface area contributed by atoms with Crippen molar-refractivity contribution >= 4 is 23.1 Å². The monoisotopic (exact) mass is 497 g/mol. The summed E-state index contributed by atoms with van der Waals surface area (Å²) in [6.07, 6.45) is 4.71. The summed E-state index contributed by atoms with van der Waals surface area (Å²) < 4.78 is 19.5. The van der Waals surface area contributed by atoms with Gasteiger partial charge < -0.3 is 19.9 Å². The number of hydrogen-bond acceptors (Lipinski definition) is 8. The van der Waals surface area contributed by atoms with Crippen molar-refractivity contribution in [3.05, 3.63) is 70.5 Å². The summed E-state index contributed by atoms with van der Waals surface area (Å²) in [6, 6.07) is 10.3. The molecule has 0 fully saturated rings. The molecule has 0 saturated heterocycles. The minimum atomic E-state index is -0.891. The summed E-state index contributed by atoms with van der Waals surface area (Å²) in [5.41, 5.74) is 6.47. The van der Waals surface area contributed by atoms with Gasteiger partial charge in [0.1, 0.15) is 24.1 Å². The topological polar surface area (TPSA) is 123 Å². The molecule has 0 saturated carbocycles. The van der Waals surface area contributed by atoms with E-state index in [4.69, 9.17) is 31.5 Å². The van der Waals surface area contributed by atoms with Crippen LogP contribution in [-0.2, 0) is 9.53 Å². The Labute approximate surface area is 205 Å². The van der Waals surface area contributed by atoms with Crippen molar-refractivity contribution in [2.24, 2.45) is 5.73 Å². The van der Waals surface area contributed by atoms with Gasteiger partial charge in [-0.05, 0) is 44.2 Å². The normalized spacial score (nSPS) is 11.5. The molecule has 3 heterocycles. The molecular formula is C24H24ClN5O5. The number of rotatable bonds is 8. The molecule has 4 aromatic rings. The number of benzene rings is 1. The first-order valence-electron chi connectivity index (χ1n) is 10.7. The molecule has 10 nitrogen and oxygen atoms in total. The van der Waals surface area contributed by atoms with E-state index >= 15 is 0 Å². The van der Waals surface area contributed by atoms with Gasteiger partial charge in [0, 0.05) is 24.0 Å². The maximum absolute atomic E-state index is 13.2. The van der Waals surface area contributed by atoms with Crippen LogP contribution in [0.1, 0.15) is 13.8 Å². The second-order valence-electron chi connectivity index (χ2n) is 8.29. The van der Waals surface area contributed by atoms with Gasteiger partial charge in [-0.25, -0.2) is 4.52 Å². The van der Waals surface area contributed by atoms with Crippen LogP contribution in [0.15, 0.2) is 59.9 Å². The average molecular weight is 498 g/mol. The summed E-state index contributed by atoms with van der Waals surface area (Å²) in [5.74, 6) is 0.300. The van der Waals surface area contributed by atoms with Crippen LogP contribution < -0.4 is 20.8 Å². The predicted molar refractivity (Wildman–Crippen MR) is 130 cm³/mol. The van der Waals surface area contributed by atoms with Crippen LogP contribution in [0.5, 0.6) is 11.5 Å². The smallest absolute Gasteiger partial charge is 0.320 e. The Morgan fingerprint density at radius 3 is 2.66 bits per heavy atom. The highest BCUT2D eigenvalue weighted by molar-refractivity contribution is 6.30. The fourth-order valence-electron chi connectivity index (χ4n) is 3.42. The Kier molecular flexibility index (Phi) is 6.77. The number of esters is 1. The number of carbonyl (C=O) groups is 1. The molecule has 0 bridgehead atoms. The van der Waals surface area contributed by atoms with E-state index in [0.717, 1.165) is 5.56 Å². The largest absolute Gasteiger partial charge is 0.493 e. The summed E-state index contributed by atoms with van der Waals surface area (Å²) in [6.45, 7) is 3.29. The van der Waals surface area contributed by atoms with Crippen LogP contribution in [0.3, 0.4) is 0 Å². The third kappa shape index (κ3) is 5.28. The SMILES string of the molecule is COc1cc(-n2cnn3cc(-c4ccc(Cl)cn4)cc3c2=O)ccc1OCC(C)(C)OC(=O)CN. The van der Waals surface area contributed by atoms with Gasteiger partial charge in [0.15, 0.2) is 11.5 Å². The van der Waals surface area contributed by atoms with Gasteiger partial charge in [0.2, 0.25) is 0 Å². The zero-order valence-electron chi connectivity index (χ0n) is 19.4. The van der Waals surface area contributed by atoms with Crippen molar-refractivity contribution in [2.45, 2.75) is 19.4 Å². The second-order valence-corrected chi connectivity index (χ2v) is 8.72. The highest BCUT2D eigenvalue weighted by Gasteiger charge is 2.24. The van der Waals surface area contributed by atoms with Gasteiger partial charge in [-0.3, -0.25) is 19.1 Å².